The molecule has 0 amide bonds. The van der Waals surface area contributed by atoms with Gasteiger partial charge in [0.25, 0.3) is 0 Å². The van der Waals surface area contributed by atoms with Gasteiger partial charge in [0.05, 0.1) is 0 Å². The first-order valence-corrected chi connectivity index (χ1v) is 8.69. The fourth-order valence-corrected chi connectivity index (χ4v) is 3.41. The van der Waals surface area contributed by atoms with Crippen molar-refractivity contribution in [1.29, 1.82) is 5.41 Å². The summed E-state index contributed by atoms with van der Waals surface area (Å²) in [5.74, 6) is -1.15. The Hall–Kier alpha value is -3.61. The van der Waals surface area contributed by atoms with E-state index in [1.165, 1.54) is 12.1 Å². The minimum Gasteiger partial charge on any atom is -0.336 e. The van der Waals surface area contributed by atoms with Crippen LogP contribution in [-0.2, 0) is 6.54 Å². The lowest BCUT2D eigenvalue weighted by molar-refractivity contribution is 0.578. The number of halogens is 2. The molecule has 140 valence electrons. The van der Waals surface area contributed by atoms with Crippen LogP contribution in [0.4, 0.5) is 8.78 Å². The Morgan fingerprint density at radius 2 is 1.68 bits per heavy atom. The smallest absolute Gasteiger partial charge is 0.176 e. The predicted molar refractivity (Wildman–Crippen MR) is 106 cm³/mol. The fourth-order valence-electron chi connectivity index (χ4n) is 3.41. The monoisotopic (exact) mass is 377 g/mol. The number of benzene rings is 3. The SMILES string of the molecule is CN/N=N\C(=N)c1ccc2c(c1)c1ccccc1n2Cc1cc(F)cc(F)c1. The molecule has 0 saturated heterocycles. The number of fused-ring (bicyclic) bond motifs is 3. The Labute approximate surface area is 159 Å². The standard InChI is InChI=1S/C21H17F2N5/c1-25-27-26-21(24)14-6-7-20-18(10-14)17-4-2-3-5-19(17)28(20)12-13-8-15(22)11-16(23)9-13/h2-11H,12H2,1H3,(H2,24,25,26). The van der Waals surface area contributed by atoms with Crippen LogP contribution in [0.1, 0.15) is 11.1 Å². The molecule has 0 spiro atoms. The van der Waals surface area contributed by atoms with E-state index in [1.807, 2.05) is 41.0 Å². The third-order valence-electron chi connectivity index (χ3n) is 4.56. The van der Waals surface area contributed by atoms with Gasteiger partial charge in [-0.1, -0.05) is 23.4 Å². The Balaban J connectivity index is 1.88. The highest BCUT2D eigenvalue weighted by Gasteiger charge is 2.13. The molecule has 0 radical (unpaired) electrons. The first kappa shape index (κ1) is 17.8. The van der Waals surface area contributed by atoms with Crippen molar-refractivity contribution in [2.45, 2.75) is 6.54 Å². The molecule has 0 bridgehead atoms. The molecule has 0 atom stereocenters. The molecule has 0 saturated carbocycles. The molecule has 0 fully saturated rings. The molecule has 0 aliphatic heterocycles. The van der Waals surface area contributed by atoms with E-state index in [0.717, 1.165) is 27.9 Å². The summed E-state index contributed by atoms with van der Waals surface area (Å²) in [7, 11) is 1.61. The highest BCUT2D eigenvalue weighted by molar-refractivity contribution is 6.11. The molecule has 2 N–H and O–H groups in total. The molecule has 3 aromatic carbocycles. The predicted octanol–water partition coefficient (Wildman–Crippen LogP) is 5.03. The molecule has 1 heterocycles. The summed E-state index contributed by atoms with van der Waals surface area (Å²) in [6.45, 7) is 0.328. The summed E-state index contributed by atoms with van der Waals surface area (Å²) in [5.41, 5.74) is 5.56. The molecule has 7 heteroatoms. The van der Waals surface area contributed by atoms with E-state index in [1.54, 1.807) is 13.1 Å². The summed E-state index contributed by atoms with van der Waals surface area (Å²) in [5, 5.41) is 17.4. The largest absolute Gasteiger partial charge is 0.336 e. The molecule has 0 unspecified atom stereocenters. The number of amidine groups is 1. The molecule has 1 aromatic heterocycles. The van der Waals surface area contributed by atoms with Crippen molar-refractivity contribution < 1.29 is 8.78 Å². The number of rotatable bonds is 4. The van der Waals surface area contributed by atoms with Crippen molar-refractivity contribution in [2.75, 3.05) is 7.05 Å². The molecule has 28 heavy (non-hydrogen) atoms. The second kappa shape index (κ2) is 7.19. The van der Waals surface area contributed by atoms with Crippen molar-refractivity contribution in [2.24, 2.45) is 10.3 Å². The van der Waals surface area contributed by atoms with E-state index in [9.17, 15) is 8.78 Å². The van der Waals surface area contributed by atoms with E-state index >= 15 is 0 Å². The van der Waals surface area contributed by atoms with Crippen LogP contribution in [0, 0.1) is 17.0 Å². The van der Waals surface area contributed by atoms with Crippen LogP contribution in [0.5, 0.6) is 0 Å². The summed E-state index contributed by atoms with van der Waals surface area (Å²) < 4.78 is 29.3. The summed E-state index contributed by atoms with van der Waals surface area (Å²) in [6.07, 6.45) is 0. The maximum absolute atomic E-state index is 13.6. The van der Waals surface area contributed by atoms with Crippen LogP contribution in [-0.4, -0.2) is 17.5 Å². The van der Waals surface area contributed by atoms with Gasteiger partial charge >= 0.3 is 0 Å². The third kappa shape index (κ3) is 3.22. The van der Waals surface area contributed by atoms with Crippen LogP contribution >= 0.6 is 0 Å². The minimum absolute atomic E-state index is 0.0419. The Kier molecular flexibility index (Phi) is 4.57. The normalized spacial score (nSPS) is 11.5. The average Bonchev–Trinajstić information content (AvgIpc) is 2.99. The third-order valence-corrected chi connectivity index (χ3v) is 4.56. The topological polar surface area (TPSA) is 65.5 Å². The van der Waals surface area contributed by atoms with E-state index in [0.29, 0.717) is 17.7 Å². The van der Waals surface area contributed by atoms with Gasteiger partial charge in [0.15, 0.2) is 5.84 Å². The van der Waals surface area contributed by atoms with Crippen molar-refractivity contribution in [3.8, 4) is 0 Å². The zero-order valence-electron chi connectivity index (χ0n) is 15.1. The van der Waals surface area contributed by atoms with Crippen molar-refractivity contribution in [1.82, 2.24) is 9.99 Å². The van der Waals surface area contributed by atoms with E-state index < -0.39 is 11.6 Å². The molecule has 0 aliphatic rings. The highest BCUT2D eigenvalue weighted by atomic mass is 19.1. The van der Waals surface area contributed by atoms with E-state index in [-0.39, 0.29) is 5.84 Å². The second-order valence-electron chi connectivity index (χ2n) is 6.39. The Morgan fingerprint density at radius 3 is 2.43 bits per heavy atom. The van der Waals surface area contributed by atoms with Gasteiger partial charge in [0.2, 0.25) is 0 Å². The first-order chi connectivity index (χ1) is 13.6. The van der Waals surface area contributed by atoms with E-state index in [4.69, 9.17) is 5.41 Å². The summed E-state index contributed by atoms with van der Waals surface area (Å²) >= 11 is 0. The van der Waals surface area contributed by atoms with Gasteiger partial charge in [-0.25, -0.2) is 8.78 Å². The first-order valence-electron chi connectivity index (χ1n) is 8.69. The molecule has 0 aliphatic carbocycles. The lowest BCUT2D eigenvalue weighted by Gasteiger charge is -2.08. The Morgan fingerprint density at radius 1 is 0.964 bits per heavy atom. The zero-order valence-corrected chi connectivity index (χ0v) is 15.1. The summed E-state index contributed by atoms with van der Waals surface area (Å²) in [6, 6.07) is 16.9. The van der Waals surface area contributed by atoms with Crippen LogP contribution < -0.4 is 5.43 Å². The number of para-hydroxylation sites is 1. The Bertz CT molecular complexity index is 1210. The molecule has 4 aromatic rings. The second-order valence-corrected chi connectivity index (χ2v) is 6.39. The maximum Gasteiger partial charge on any atom is 0.176 e. The van der Waals surface area contributed by atoms with Gasteiger partial charge in [-0.15, -0.1) is 5.11 Å². The number of aromatic nitrogens is 1. The van der Waals surface area contributed by atoms with Crippen LogP contribution in [0.2, 0.25) is 0 Å². The zero-order chi connectivity index (χ0) is 19.7. The maximum atomic E-state index is 13.6. The van der Waals surface area contributed by atoms with Crippen LogP contribution in [0.25, 0.3) is 21.8 Å². The molecular formula is C21H17F2N5. The van der Waals surface area contributed by atoms with Gasteiger partial charge in [-0.2, -0.15) is 0 Å². The van der Waals surface area contributed by atoms with Crippen molar-refractivity contribution in [3.63, 3.8) is 0 Å². The van der Waals surface area contributed by atoms with Crippen molar-refractivity contribution in [3.05, 3.63) is 83.4 Å². The van der Waals surface area contributed by atoms with Crippen molar-refractivity contribution >= 4 is 27.6 Å². The minimum atomic E-state index is -0.596. The van der Waals surface area contributed by atoms with Crippen LogP contribution in [0.15, 0.2) is 71.0 Å². The average molecular weight is 377 g/mol. The number of nitrogens with zero attached hydrogens (tertiary/aromatic N) is 3. The number of nitrogens with one attached hydrogen (secondary N) is 2. The van der Waals surface area contributed by atoms with Gasteiger partial charge in [0.1, 0.15) is 11.6 Å². The lowest BCUT2D eigenvalue weighted by atomic mass is 10.1. The number of hydrogen-bond donors (Lipinski definition) is 2. The van der Waals surface area contributed by atoms with Gasteiger partial charge in [-0.05, 0) is 42.0 Å². The highest BCUT2D eigenvalue weighted by Crippen LogP contribution is 2.31. The molecular weight excluding hydrogens is 360 g/mol. The number of hydrogen-bond acceptors (Lipinski definition) is 2. The van der Waals surface area contributed by atoms with Gasteiger partial charge in [0, 0.05) is 47.0 Å². The summed E-state index contributed by atoms with van der Waals surface area (Å²) in [4.78, 5) is 0. The van der Waals surface area contributed by atoms with Crippen LogP contribution in [0.3, 0.4) is 0 Å². The van der Waals surface area contributed by atoms with E-state index in [2.05, 4.69) is 15.8 Å². The molecule has 5 nitrogen and oxygen atoms in total. The fraction of sp³-hybridized carbons (Fsp3) is 0.0952. The van der Waals surface area contributed by atoms with Gasteiger partial charge in [-0.3, -0.25) is 10.8 Å². The molecule has 4 rings (SSSR count). The quantitative estimate of drug-likeness (QED) is 0.223. The van der Waals surface area contributed by atoms with Gasteiger partial charge < -0.3 is 4.57 Å². The lowest BCUT2D eigenvalue weighted by Crippen LogP contribution is -2.01.